The van der Waals surface area contributed by atoms with Crippen LogP contribution in [-0.2, 0) is 19.5 Å². The van der Waals surface area contributed by atoms with Crippen LogP contribution >= 0.6 is 0 Å². The number of nitrogens with zero attached hydrogens (tertiary/aromatic N) is 5. The first-order valence-electron chi connectivity index (χ1n) is 10.4. The van der Waals surface area contributed by atoms with E-state index in [0.717, 1.165) is 46.7 Å². The van der Waals surface area contributed by atoms with Crippen LogP contribution in [0.25, 0.3) is 22.8 Å². The zero-order chi connectivity index (χ0) is 21.9. The Morgan fingerprint density at radius 1 is 1.06 bits per heavy atom. The summed E-state index contributed by atoms with van der Waals surface area (Å²) in [6, 6.07) is 11.4. The zero-order valence-electron chi connectivity index (χ0n) is 17.7. The number of benzene rings is 1. The first-order valence-corrected chi connectivity index (χ1v) is 10.4. The molecule has 0 amide bonds. The Balaban J connectivity index is 1.29. The molecule has 8 nitrogen and oxygen atoms in total. The average molecular weight is 426 g/mol. The van der Waals surface area contributed by atoms with Crippen LogP contribution < -0.4 is 10.3 Å². The van der Waals surface area contributed by atoms with Gasteiger partial charge in [0.1, 0.15) is 11.6 Å². The molecule has 160 valence electrons. The van der Waals surface area contributed by atoms with E-state index < -0.39 is 0 Å². The van der Waals surface area contributed by atoms with Crippen molar-refractivity contribution in [1.82, 2.24) is 29.8 Å². The maximum Gasteiger partial charge on any atom is 0.255 e. The molecule has 0 aliphatic carbocycles. The second-order valence-corrected chi connectivity index (χ2v) is 7.69. The summed E-state index contributed by atoms with van der Waals surface area (Å²) in [5.74, 6) is 2.04. The van der Waals surface area contributed by atoms with Crippen molar-refractivity contribution in [3.63, 3.8) is 0 Å². The van der Waals surface area contributed by atoms with Crippen molar-refractivity contribution < 1.29 is 4.74 Å². The third-order valence-electron chi connectivity index (χ3n) is 5.54. The number of aromatic nitrogens is 5. The molecule has 0 spiro atoms. The van der Waals surface area contributed by atoms with Gasteiger partial charge in [0.15, 0.2) is 5.82 Å². The number of ether oxygens (including phenoxy) is 1. The molecule has 0 bridgehead atoms. The molecule has 0 atom stereocenters. The van der Waals surface area contributed by atoms with Gasteiger partial charge in [-0.05, 0) is 36.4 Å². The summed E-state index contributed by atoms with van der Waals surface area (Å²) in [5, 5.41) is 0. The van der Waals surface area contributed by atoms with E-state index in [9.17, 15) is 4.79 Å². The molecule has 8 heteroatoms. The van der Waals surface area contributed by atoms with Gasteiger partial charge in [-0.15, -0.1) is 0 Å². The number of hydrogen-bond acceptors (Lipinski definition) is 7. The Bertz CT molecular complexity index is 1270. The lowest BCUT2D eigenvalue weighted by molar-refractivity contribution is 0.241. The molecule has 0 saturated carbocycles. The minimum absolute atomic E-state index is 0.0929. The van der Waals surface area contributed by atoms with Crippen LogP contribution in [-0.4, -0.2) is 43.5 Å². The van der Waals surface area contributed by atoms with Crippen molar-refractivity contribution in [2.45, 2.75) is 19.5 Å². The first kappa shape index (κ1) is 20.0. The van der Waals surface area contributed by atoms with Crippen LogP contribution in [0.1, 0.15) is 16.8 Å². The normalized spacial score (nSPS) is 13.5. The van der Waals surface area contributed by atoms with E-state index >= 15 is 0 Å². The smallest absolute Gasteiger partial charge is 0.255 e. The van der Waals surface area contributed by atoms with Gasteiger partial charge in [0, 0.05) is 67.5 Å². The molecule has 4 aromatic rings. The van der Waals surface area contributed by atoms with E-state index in [2.05, 4.69) is 29.8 Å². The summed E-state index contributed by atoms with van der Waals surface area (Å²) in [6.07, 6.45) is 7.81. The molecule has 0 unspecified atom stereocenters. The summed E-state index contributed by atoms with van der Waals surface area (Å²) < 4.78 is 5.19. The number of rotatable bonds is 5. The SMILES string of the molecule is COc1ccc(-c2ncc(CN3CCc4nc(-c5cccnc5)[nH]c(=O)c4C3)cn2)cc1. The van der Waals surface area contributed by atoms with Gasteiger partial charge in [-0.2, -0.15) is 0 Å². The quantitative estimate of drug-likeness (QED) is 0.524. The third-order valence-corrected chi connectivity index (χ3v) is 5.54. The van der Waals surface area contributed by atoms with Crippen molar-refractivity contribution in [2.75, 3.05) is 13.7 Å². The molecule has 0 radical (unpaired) electrons. The van der Waals surface area contributed by atoms with Crippen molar-refractivity contribution in [1.29, 1.82) is 0 Å². The lowest BCUT2D eigenvalue weighted by Gasteiger charge is -2.27. The number of fused-ring (bicyclic) bond motifs is 1. The van der Waals surface area contributed by atoms with Gasteiger partial charge < -0.3 is 9.72 Å². The van der Waals surface area contributed by atoms with Crippen LogP contribution in [0.15, 0.2) is 66.0 Å². The van der Waals surface area contributed by atoms with Gasteiger partial charge >= 0.3 is 0 Å². The Morgan fingerprint density at radius 2 is 1.88 bits per heavy atom. The van der Waals surface area contributed by atoms with Crippen molar-refractivity contribution in [2.24, 2.45) is 0 Å². The van der Waals surface area contributed by atoms with Crippen molar-refractivity contribution in [3.8, 4) is 28.5 Å². The third kappa shape index (κ3) is 4.13. The Labute approximate surface area is 185 Å². The van der Waals surface area contributed by atoms with Gasteiger partial charge in [-0.1, -0.05) is 0 Å². The topological polar surface area (TPSA) is 96.9 Å². The molecule has 1 aliphatic heterocycles. The molecular formula is C24H22N6O2. The van der Waals surface area contributed by atoms with Crippen LogP contribution in [0.2, 0.25) is 0 Å². The number of nitrogens with one attached hydrogen (secondary N) is 1. The minimum atomic E-state index is -0.0929. The zero-order valence-corrected chi connectivity index (χ0v) is 17.7. The molecule has 32 heavy (non-hydrogen) atoms. The van der Waals surface area contributed by atoms with Crippen molar-refractivity contribution >= 4 is 0 Å². The van der Waals surface area contributed by atoms with Crippen LogP contribution in [0.5, 0.6) is 5.75 Å². The highest BCUT2D eigenvalue weighted by molar-refractivity contribution is 5.56. The monoisotopic (exact) mass is 426 g/mol. The van der Waals surface area contributed by atoms with Gasteiger partial charge in [-0.25, -0.2) is 15.0 Å². The van der Waals surface area contributed by atoms with E-state index in [0.29, 0.717) is 24.7 Å². The molecule has 1 aliphatic rings. The number of pyridine rings is 1. The lowest BCUT2D eigenvalue weighted by Crippen LogP contribution is -2.35. The molecule has 3 aromatic heterocycles. The molecule has 0 fully saturated rings. The van der Waals surface area contributed by atoms with Crippen LogP contribution in [0.3, 0.4) is 0 Å². The fourth-order valence-electron chi connectivity index (χ4n) is 3.84. The van der Waals surface area contributed by atoms with Gasteiger partial charge in [-0.3, -0.25) is 14.7 Å². The van der Waals surface area contributed by atoms with E-state index in [1.165, 1.54) is 0 Å². The first-order chi connectivity index (χ1) is 15.7. The predicted molar refractivity (Wildman–Crippen MR) is 120 cm³/mol. The molecular weight excluding hydrogens is 404 g/mol. The summed E-state index contributed by atoms with van der Waals surface area (Å²) >= 11 is 0. The summed E-state index contributed by atoms with van der Waals surface area (Å²) in [5.41, 5.74) is 4.23. The Morgan fingerprint density at radius 3 is 2.59 bits per heavy atom. The number of aromatic amines is 1. The number of H-pyrrole nitrogens is 1. The lowest BCUT2D eigenvalue weighted by atomic mass is 10.1. The van der Waals surface area contributed by atoms with Gasteiger partial charge in [0.25, 0.3) is 5.56 Å². The second-order valence-electron chi connectivity index (χ2n) is 7.69. The minimum Gasteiger partial charge on any atom is -0.497 e. The molecule has 4 heterocycles. The highest BCUT2D eigenvalue weighted by Gasteiger charge is 2.22. The fourth-order valence-corrected chi connectivity index (χ4v) is 3.84. The number of hydrogen-bond donors (Lipinski definition) is 1. The molecule has 5 rings (SSSR count). The highest BCUT2D eigenvalue weighted by atomic mass is 16.5. The standard InChI is InChI=1S/C24H22N6O2/c1-32-19-6-4-17(5-7-19)22-26-11-16(12-27-22)14-30-10-8-21-20(15-30)24(31)29-23(28-21)18-3-2-9-25-13-18/h2-7,9,11-13H,8,10,14-15H2,1H3,(H,28,29,31). The average Bonchev–Trinajstić information content (AvgIpc) is 2.85. The Kier molecular flexibility index (Phi) is 5.43. The number of methoxy groups -OCH3 is 1. The largest absolute Gasteiger partial charge is 0.497 e. The van der Waals surface area contributed by atoms with Crippen LogP contribution in [0, 0.1) is 0 Å². The summed E-state index contributed by atoms with van der Waals surface area (Å²) in [7, 11) is 1.64. The fraction of sp³-hybridized carbons (Fsp3) is 0.208. The molecule has 0 saturated heterocycles. The maximum atomic E-state index is 12.7. The highest BCUT2D eigenvalue weighted by Crippen LogP contribution is 2.21. The van der Waals surface area contributed by atoms with E-state index in [1.54, 1.807) is 19.5 Å². The maximum absolute atomic E-state index is 12.7. The van der Waals surface area contributed by atoms with E-state index in [1.807, 2.05) is 48.8 Å². The van der Waals surface area contributed by atoms with Crippen molar-refractivity contribution in [3.05, 3.63) is 88.4 Å². The van der Waals surface area contributed by atoms with E-state index in [4.69, 9.17) is 4.74 Å². The summed E-state index contributed by atoms with van der Waals surface area (Å²) in [6.45, 7) is 2.04. The molecule has 1 aromatic carbocycles. The van der Waals surface area contributed by atoms with Gasteiger partial charge in [0.2, 0.25) is 0 Å². The molecule has 1 N–H and O–H groups in total. The van der Waals surface area contributed by atoms with Crippen LogP contribution in [0.4, 0.5) is 0 Å². The second kappa shape index (κ2) is 8.68. The predicted octanol–water partition coefficient (Wildman–Crippen LogP) is 2.86. The van der Waals surface area contributed by atoms with Gasteiger partial charge in [0.05, 0.1) is 18.4 Å². The van der Waals surface area contributed by atoms with E-state index in [-0.39, 0.29) is 5.56 Å². The summed E-state index contributed by atoms with van der Waals surface area (Å²) in [4.78, 5) is 35.7. The Hall–Kier alpha value is -3.91.